The van der Waals surface area contributed by atoms with Crippen molar-refractivity contribution in [2.75, 3.05) is 14.2 Å². The molecule has 8 N–H and O–H groups in total. The third-order valence-corrected chi connectivity index (χ3v) is 13.4. The SMILES string of the molecule is C=C1C(=O)N[C@H](C)C(=O)N[C@@H](CCc2ccccc2)C(=O)N[C@@H](C(=O)O)[C@H](C)C(=O)N[C@@H](CCc2ccccc2)C(=O)N[C@@H](/C=C/C(C)=C/[C@H](C)[C@H](Cc2ccccc2)OC)[C@H](C)C(=O)N[C@@H](C(=O)O)CCC(=O)N1C. The largest absolute Gasteiger partial charge is 0.480 e. The molecule has 1 aliphatic heterocycles. The molecule has 4 rings (SSSR count). The average Bonchev–Trinajstić information content (AvgIpc) is 3.40. The van der Waals surface area contributed by atoms with E-state index in [0.29, 0.717) is 6.42 Å². The first-order valence-corrected chi connectivity index (χ1v) is 25.3. The Bertz CT molecular complexity index is 2570. The van der Waals surface area contributed by atoms with E-state index < -0.39 is 120 Å². The number of hydrogen-bond donors (Lipinski definition) is 8. The van der Waals surface area contributed by atoms with Gasteiger partial charge in [-0.3, -0.25) is 33.6 Å². The second-order valence-corrected chi connectivity index (χ2v) is 19.2. The number of nitrogens with one attached hydrogen (secondary N) is 6. The normalized spacial score (nSPS) is 24.4. The minimum absolute atomic E-state index is 0.00994. The summed E-state index contributed by atoms with van der Waals surface area (Å²) in [6.07, 6.45) is 5.20. The molecule has 1 fully saturated rings. The number of carbonyl (C=O) groups is 9. The topological polar surface area (TPSA) is 279 Å². The summed E-state index contributed by atoms with van der Waals surface area (Å²) >= 11 is 0. The van der Waals surface area contributed by atoms with Crippen molar-refractivity contribution in [1.29, 1.82) is 0 Å². The van der Waals surface area contributed by atoms with Crippen LogP contribution in [0.2, 0.25) is 0 Å². The van der Waals surface area contributed by atoms with Gasteiger partial charge in [0.05, 0.1) is 24.0 Å². The van der Waals surface area contributed by atoms with Gasteiger partial charge in [-0.1, -0.05) is 142 Å². The van der Waals surface area contributed by atoms with Gasteiger partial charge in [0.2, 0.25) is 35.4 Å². The molecule has 10 atom stereocenters. The number of amides is 7. The molecule has 0 aromatic heterocycles. The number of methoxy groups -OCH3 is 1. The first-order valence-electron chi connectivity index (χ1n) is 25.3. The summed E-state index contributed by atoms with van der Waals surface area (Å²) in [5, 5.41) is 36.2. The molecule has 0 bridgehead atoms. The lowest BCUT2D eigenvalue weighted by Crippen LogP contribution is -2.59. The fraction of sp³-hybridized carbons (Fsp3) is 0.421. The fourth-order valence-electron chi connectivity index (χ4n) is 8.43. The first-order chi connectivity index (χ1) is 36.1. The van der Waals surface area contributed by atoms with Gasteiger partial charge in [0.25, 0.3) is 5.91 Å². The highest BCUT2D eigenvalue weighted by atomic mass is 16.5. The number of allylic oxidation sites excluding steroid dienone is 2. The molecule has 0 radical (unpaired) electrons. The van der Waals surface area contributed by atoms with E-state index in [1.54, 1.807) is 61.7 Å². The van der Waals surface area contributed by atoms with E-state index in [-0.39, 0.29) is 37.7 Å². The molecule has 0 spiro atoms. The van der Waals surface area contributed by atoms with E-state index in [2.05, 4.69) is 38.5 Å². The highest BCUT2D eigenvalue weighted by Crippen LogP contribution is 2.19. The number of aryl methyl sites for hydroxylation is 2. The minimum atomic E-state index is -1.88. The predicted molar refractivity (Wildman–Crippen MR) is 285 cm³/mol. The van der Waals surface area contributed by atoms with Crippen LogP contribution in [0.1, 0.15) is 77.0 Å². The molecule has 3 aromatic carbocycles. The van der Waals surface area contributed by atoms with Gasteiger partial charge in [-0.15, -0.1) is 0 Å². The average molecular weight is 1050 g/mol. The Morgan fingerprint density at radius 1 is 0.684 bits per heavy atom. The Labute approximate surface area is 444 Å². The Morgan fingerprint density at radius 3 is 1.70 bits per heavy atom. The number of carboxylic acid groups (broad SMARTS) is 2. The van der Waals surface area contributed by atoms with E-state index in [1.807, 2.05) is 68.5 Å². The molecule has 0 aliphatic carbocycles. The predicted octanol–water partition coefficient (Wildman–Crippen LogP) is 3.78. The van der Waals surface area contributed by atoms with Crippen molar-refractivity contribution < 1.29 is 58.1 Å². The molecule has 0 unspecified atom stereocenters. The highest BCUT2D eigenvalue weighted by Gasteiger charge is 2.37. The van der Waals surface area contributed by atoms with Gasteiger partial charge < -0.3 is 51.8 Å². The van der Waals surface area contributed by atoms with Crippen molar-refractivity contribution >= 4 is 53.3 Å². The molecule has 19 heteroatoms. The number of nitrogens with zero attached hydrogens (tertiary/aromatic N) is 1. The maximum absolute atomic E-state index is 14.6. The molecule has 408 valence electrons. The smallest absolute Gasteiger partial charge is 0.327 e. The van der Waals surface area contributed by atoms with Crippen molar-refractivity contribution in [3.05, 3.63) is 144 Å². The number of rotatable bonds is 15. The van der Waals surface area contributed by atoms with Gasteiger partial charge in [-0.25, -0.2) is 9.59 Å². The van der Waals surface area contributed by atoms with Crippen LogP contribution in [-0.2, 0) is 67.2 Å². The molecule has 19 nitrogen and oxygen atoms in total. The van der Waals surface area contributed by atoms with Crippen molar-refractivity contribution in [2.24, 2.45) is 17.8 Å². The van der Waals surface area contributed by atoms with Crippen LogP contribution in [0.5, 0.6) is 0 Å². The number of hydrogen-bond acceptors (Lipinski definition) is 10. The quantitative estimate of drug-likeness (QED) is 0.0798. The molecule has 76 heavy (non-hydrogen) atoms. The van der Waals surface area contributed by atoms with E-state index in [1.165, 1.54) is 27.8 Å². The molecular formula is C57H73N7O12. The van der Waals surface area contributed by atoms with Crippen LogP contribution in [0.3, 0.4) is 0 Å². The molecule has 0 saturated carbocycles. The van der Waals surface area contributed by atoms with E-state index in [9.17, 15) is 53.4 Å². The van der Waals surface area contributed by atoms with Crippen molar-refractivity contribution in [2.45, 2.75) is 122 Å². The maximum atomic E-state index is 14.6. The Morgan fingerprint density at radius 2 is 1.18 bits per heavy atom. The Balaban J connectivity index is 1.77. The summed E-state index contributed by atoms with van der Waals surface area (Å²) in [6.45, 7) is 11.5. The van der Waals surface area contributed by atoms with Crippen molar-refractivity contribution in [3.8, 4) is 0 Å². The number of ether oxygens (including phenoxy) is 1. The highest BCUT2D eigenvalue weighted by molar-refractivity contribution is 6.00. The van der Waals surface area contributed by atoms with Crippen LogP contribution in [0.25, 0.3) is 0 Å². The monoisotopic (exact) mass is 1050 g/mol. The Kier molecular flexibility index (Phi) is 23.8. The summed E-state index contributed by atoms with van der Waals surface area (Å²) in [6, 6.07) is 19.1. The molecule has 3 aromatic rings. The first kappa shape index (κ1) is 60.6. The van der Waals surface area contributed by atoms with Crippen molar-refractivity contribution in [1.82, 2.24) is 36.8 Å². The van der Waals surface area contributed by atoms with Crippen molar-refractivity contribution in [3.63, 3.8) is 0 Å². The van der Waals surface area contributed by atoms with Crippen LogP contribution in [0, 0.1) is 17.8 Å². The number of carbonyl (C=O) groups excluding carboxylic acids is 7. The van der Waals surface area contributed by atoms with Gasteiger partial charge in [0.15, 0.2) is 0 Å². The lowest BCUT2D eigenvalue weighted by atomic mass is 9.94. The number of aliphatic carboxylic acids is 2. The van der Waals surface area contributed by atoms with E-state index >= 15 is 0 Å². The maximum Gasteiger partial charge on any atom is 0.327 e. The van der Waals surface area contributed by atoms with Gasteiger partial charge in [0.1, 0.15) is 35.9 Å². The van der Waals surface area contributed by atoms with Gasteiger partial charge in [0, 0.05) is 26.5 Å². The van der Waals surface area contributed by atoms with Gasteiger partial charge in [-0.05, 0) is 69.1 Å². The zero-order valence-corrected chi connectivity index (χ0v) is 44.2. The third-order valence-electron chi connectivity index (χ3n) is 13.4. The molecular weight excluding hydrogens is 975 g/mol. The van der Waals surface area contributed by atoms with Crippen LogP contribution < -0.4 is 31.9 Å². The number of benzene rings is 3. The summed E-state index contributed by atoms with van der Waals surface area (Å²) < 4.78 is 5.85. The van der Waals surface area contributed by atoms with Crippen LogP contribution >= 0.6 is 0 Å². The van der Waals surface area contributed by atoms with Crippen LogP contribution in [0.15, 0.2) is 127 Å². The molecule has 1 aliphatic rings. The second-order valence-electron chi connectivity index (χ2n) is 19.2. The number of likely N-dealkylation sites (N-methyl/N-ethyl adjacent to an activating group) is 1. The van der Waals surface area contributed by atoms with Gasteiger partial charge >= 0.3 is 11.9 Å². The molecule has 1 heterocycles. The summed E-state index contributed by atoms with van der Waals surface area (Å²) in [5.41, 5.74) is 2.99. The lowest BCUT2D eigenvalue weighted by Gasteiger charge is -2.28. The van der Waals surface area contributed by atoms with E-state index in [4.69, 9.17) is 4.74 Å². The summed E-state index contributed by atoms with van der Waals surface area (Å²) in [7, 11) is 2.85. The summed E-state index contributed by atoms with van der Waals surface area (Å²) in [5.74, 6) is -11.9. The summed E-state index contributed by atoms with van der Waals surface area (Å²) in [4.78, 5) is 124. The fourth-order valence-corrected chi connectivity index (χ4v) is 8.43. The Hall–Kier alpha value is -7.93. The standard InChI is InChI=1S/C57H73N7O12/c1-34(32-35(2)47(76-8)33-42-22-16-11-17-23-42)24-27-43-36(3)50(66)62-46(56(72)73)30-31-48(65)64(7)39(6)53(69)58-38(5)52(68)61-45(29-26-41-20-14-10-15-21-41)55(71)63-49(57(74)75)37(4)51(67)60-44(54(70)59-43)28-25-40-18-12-9-13-19-40/h9-24,27,32,35-38,43-47,49H,6,25-26,28-31,33H2,1-5,7-8H3,(H,58,69)(H,59,70)(H,60,67)(H,61,68)(H,62,66)(H,63,71)(H,72,73)(H,74,75)/b27-24+,34-32+/t35-,36-,37-,38+,43-,44-,45-,46+,47-,49+/m0/s1. The van der Waals surface area contributed by atoms with E-state index in [0.717, 1.165) is 27.2 Å². The second kappa shape index (κ2) is 29.8. The van der Waals surface area contributed by atoms with Crippen LogP contribution in [-0.4, -0.2) is 125 Å². The lowest BCUT2D eigenvalue weighted by molar-refractivity contribution is -0.146. The number of carboxylic acids is 2. The molecule has 1 saturated heterocycles. The molecule has 7 amide bonds. The third kappa shape index (κ3) is 18.8. The zero-order chi connectivity index (χ0) is 56.1. The minimum Gasteiger partial charge on any atom is -0.480 e. The van der Waals surface area contributed by atoms with Crippen LogP contribution in [0.4, 0.5) is 0 Å². The van der Waals surface area contributed by atoms with Gasteiger partial charge in [-0.2, -0.15) is 0 Å². The zero-order valence-electron chi connectivity index (χ0n) is 44.2.